The number of ketones is 1. The van der Waals surface area contributed by atoms with Gasteiger partial charge in [0, 0.05) is 23.6 Å². The molecule has 1 aromatic carbocycles. The summed E-state index contributed by atoms with van der Waals surface area (Å²) in [7, 11) is 1.64. The zero-order chi connectivity index (χ0) is 13.2. The molecule has 0 radical (unpaired) electrons. The fourth-order valence-corrected chi connectivity index (χ4v) is 3.47. The molecule has 2 saturated heterocycles. The summed E-state index contributed by atoms with van der Waals surface area (Å²) in [6.45, 7) is 0. The molecular formula is C16H21NO2. The molecule has 0 aliphatic carbocycles. The second-order valence-corrected chi connectivity index (χ2v) is 5.75. The second kappa shape index (κ2) is 5.33. The molecule has 1 aromatic rings. The van der Waals surface area contributed by atoms with Crippen molar-refractivity contribution in [2.45, 2.75) is 44.2 Å². The number of fused-ring (bicyclic) bond motifs is 2. The summed E-state index contributed by atoms with van der Waals surface area (Å²) in [6, 6.07) is 8.63. The summed E-state index contributed by atoms with van der Waals surface area (Å²) >= 11 is 0. The highest BCUT2D eigenvalue weighted by atomic mass is 16.5. The molecule has 0 amide bonds. The van der Waals surface area contributed by atoms with Crippen LogP contribution in [0.2, 0.25) is 0 Å². The first-order chi connectivity index (χ1) is 9.26. The van der Waals surface area contributed by atoms with Crippen LogP contribution in [0.1, 0.15) is 42.5 Å². The van der Waals surface area contributed by atoms with E-state index in [4.69, 9.17) is 4.74 Å². The van der Waals surface area contributed by atoms with E-state index in [0.717, 1.165) is 24.2 Å². The third-order valence-corrected chi connectivity index (χ3v) is 4.46. The van der Waals surface area contributed by atoms with Gasteiger partial charge in [-0.3, -0.25) is 4.79 Å². The Morgan fingerprint density at radius 3 is 2.37 bits per heavy atom. The number of hydrogen-bond acceptors (Lipinski definition) is 3. The highest BCUT2D eigenvalue weighted by molar-refractivity contribution is 5.98. The Hall–Kier alpha value is -1.35. The number of benzene rings is 1. The third kappa shape index (κ3) is 2.66. The van der Waals surface area contributed by atoms with Crippen molar-refractivity contribution in [3.8, 4) is 5.75 Å². The molecule has 3 heteroatoms. The van der Waals surface area contributed by atoms with Gasteiger partial charge in [0.2, 0.25) is 0 Å². The molecule has 2 unspecified atom stereocenters. The van der Waals surface area contributed by atoms with Gasteiger partial charge < -0.3 is 10.1 Å². The molecule has 0 saturated carbocycles. The van der Waals surface area contributed by atoms with Gasteiger partial charge in [0.25, 0.3) is 0 Å². The Morgan fingerprint density at radius 1 is 1.16 bits per heavy atom. The average Bonchev–Trinajstić information content (AvgIpc) is 2.46. The van der Waals surface area contributed by atoms with Crippen LogP contribution in [0.15, 0.2) is 24.3 Å². The van der Waals surface area contributed by atoms with Crippen LogP contribution in [0.25, 0.3) is 0 Å². The minimum Gasteiger partial charge on any atom is -0.497 e. The summed E-state index contributed by atoms with van der Waals surface area (Å²) in [5, 5.41) is 3.64. The van der Waals surface area contributed by atoms with E-state index in [-0.39, 0.29) is 5.92 Å². The molecule has 2 heterocycles. The Labute approximate surface area is 114 Å². The number of hydrogen-bond donors (Lipinski definition) is 1. The van der Waals surface area contributed by atoms with Gasteiger partial charge in [0.05, 0.1) is 7.11 Å². The molecule has 2 fully saturated rings. The zero-order valence-corrected chi connectivity index (χ0v) is 11.4. The first-order valence-corrected chi connectivity index (χ1v) is 7.20. The maximum atomic E-state index is 12.6. The van der Waals surface area contributed by atoms with Crippen molar-refractivity contribution in [1.82, 2.24) is 5.32 Å². The quantitative estimate of drug-likeness (QED) is 0.848. The SMILES string of the molecule is COc1ccc(C(=O)C2CC3CCCC(C2)N3)cc1. The maximum Gasteiger partial charge on any atom is 0.166 e. The Balaban J connectivity index is 1.72. The molecule has 2 aliphatic heterocycles. The van der Waals surface area contributed by atoms with E-state index >= 15 is 0 Å². The van der Waals surface area contributed by atoms with Crippen LogP contribution < -0.4 is 10.1 Å². The molecule has 2 aliphatic rings. The number of Topliss-reactive ketones (excluding diaryl/α,β-unsaturated/α-hetero) is 1. The smallest absolute Gasteiger partial charge is 0.166 e. The summed E-state index contributed by atoms with van der Waals surface area (Å²) in [6.07, 6.45) is 5.76. The molecule has 3 nitrogen and oxygen atoms in total. The lowest BCUT2D eigenvalue weighted by Crippen LogP contribution is -2.50. The predicted octanol–water partition coefficient (Wildman–Crippen LogP) is 2.80. The molecule has 1 N–H and O–H groups in total. The van der Waals surface area contributed by atoms with Crippen LogP contribution >= 0.6 is 0 Å². The summed E-state index contributed by atoms with van der Waals surface area (Å²) < 4.78 is 5.13. The average molecular weight is 259 g/mol. The lowest BCUT2D eigenvalue weighted by molar-refractivity contribution is 0.0825. The van der Waals surface area contributed by atoms with Crippen molar-refractivity contribution in [1.29, 1.82) is 0 Å². The van der Waals surface area contributed by atoms with Gasteiger partial charge in [0.1, 0.15) is 5.75 Å². The first kappa shape index (κ1) is 12.7. The van der Waals surface area contributed by atoms with Gasteiger partial charge in [-0.05, 0) is 49.9 Å². The van der Waals surface area contributed by atoms with E-state index in [2.05, 4.69) is 5.32 Å². The van der Waals surface area contributed by atoms with E-state index in [1.54, 1.807) is 7.11 Å². The Bertz CT molecular complexity index is 442. The van der Waals surface area contributed by atoms with Crippen LogP contribution in [-0.4, -0.2) is 25.0 Å². The number of piperidine rings is 2. The number of methoxy groups -OCH3 is 1. The maximum absolute atomic E-state index is 12.6. The topological polar surface area (TPSA) is 38.3 Å². The van der Waals surface area contributed by atoms with Gasteiger partial charge in [-0.15, -0.1) is 0 Å². The van der Waals surface area contributed by atoms with Crippen molar-refractivity contribution < 1.29 is 9.53 Å². The zero-order valence-electron chi connectivity index (χ0n) is 11.4. The van der Waals surface area contributed by atoms with Gasteiger partial charge in [-0.2, -0.15) is 0 Å². The fraction of sp³-hybridized carbons (Fsp3) is 0.562. The van der Waals surface area contributed by atoms with Crippen molar-refractivity contribution in [3.63, 3.8) is 0 Å². The van der Waals surface area contributed by atoms with Gasteiger partial charge in [-0.1, -0.05) is 6.42 Å². The van der Waals surface area contributed by atoms with E-state index in [9.17, 15) is 4.79 Å². The van der Waals surface area contributed by atoms with Crippen molar-refractivity contribution in [2.75, 3.05) is 7.11 Å². The first-order valence-electron chi connectivity index (χ1n) is 7.20. The standard InChI is InChI=1S/C16H21NO2/c1-19-15-7-5-11(6-8-15)16(18)12-9-13-3-2-4-14(10-12)17-13/h5-8,12-14,17H,2-4,9-10H2,1H3. The summed E-state index contributed by atoms with van der Waals surface area (Å²) in [4.78, 5) is 12.6. The van der Waals surface area contributed by atoms with Crippen molar-refractivity contribution in [2.24, 2.45) is 5.92 Å². The number of rotatable bonds is 3. The van der Waals surface area contributed by atoms with Crippen LogP contribution in [0.5, 0.6) is 5.75 Å². The summed E-state index contributed by atoms with van der Waals surface area (Å²) in [5.41, 5.74) is 0.825. The molecule has 102 valence electrons. The second-order valence-electron chi connectivity index (χ2n) is 5.75. The number of carbonyl (C=O) groups is 1. The van der Waals surface area contributed by atoms with Gasteiger partial charge in [-0.25, -0.2) is 0 Å². The van der Waals surface area contributed by atoms with Crippen LogP contribution in [0, 0.1) is 5.92 Å². The molecule has 19 heavy (non-hydrogen) atoms. The fourth-order valence-electron chi connectivity index (χ4n) is 3.47. The number of ether oxygens (including phenoxy) is 1. The molecular weight excluding hydrogens is 238 g/mol. The lowest BCUT2D eigenvalue weighted by atomic mass is 9.77. The normalized spacial score (nSPS) is 29.8. The predicted molar refractivity (Wildman–Crippen MR) is 74.6 cm³/mol. The van der Waals surface area contributed by atoms with Crippen LogP contribution in [0.3, 0.4) is 0 Å². The Kier molecular flexibility index (Phi) is 3.56. The van der Waals surface area contributed by atoms with E-state index in [0.29, 0.717) is 17.9 Å². The van der Waals surface area contributed by atoms with Crippen LogP contribution in [0.4, 0.5) is 0 Å². The van der Waals surface area contributed by atoms with E-state index < -0.39 is 0 Å². The molecule has 3 rings (SSSR count). The molecule has 2 bridgehead atoms. The minimum atomic E-state index is 0.199. The van der Waals surface area contributed by atoms with Crippen molar-refractivity contribution >= 4 is 5.78 Å². The highest BCUT2D eigenvalue weighted by Crippen LogP contribution is 2.31. The number of nitrogens with one attached hydrogen (secondary N) is 1. The largest absolute Gasteiger partial charge is 0.497 e. The monoisotopic (exact) mass is 259 g/mol. The van der Waals surface area contributed by atoms with Crippen LogP contribution in [-0.2, 0) is 0 Å². The van der Waals surface area contributed by atoms with E-state index in [1.807, 2.05) is 24.3 Å². The van der Waals surface area contributed by atoms with E-state index in [1.165, 1.54) is 19.3 Å². The highest BCUT2D eigenvalue weighted by Gasteiger charge is 2.34. The Morgan fingerprint density at radius 2 is 1.79 bits per heavy atom. The minimum absolute atomic E-state index is 0.199. The number of carbonyl (C=O) groups excluding carboxylic acids is 1. The third-order valence-electron chi connectivity index (χ3n) is 4.46. The summed E-state index contributed by atoms with van der Waals surface area (Å²) in [5.74, 6) is 1.31. The van der Waals surface area contributed by atoms with Gasteiger partial charge >= 0.3 is 0 Å². The van der Waals surface area contributed by atoms with Gasteiger partial charge in [0.15, 0.2) is 5.78 Å². The molecule has 0 aromatic heterocycles. The molecule has 0 spiro atoms. The lowest BCUT2D eigenvalue weighted by Gasteiger charge is -2.39. The van der Waals surface area contributed by atoms with Crippen molar-refractivity contribution in [3.05, 3.63) is 29.8 Å². The molecule has 2 atom stereocenters.